The number of rotatable bonds is 5. The minimum absolute atomic E-state index is 0.408. The van der Waals surface area contributed by atoms with Crippen LogP contribution in [0.25, 0.3) is 66.1 Å². The van der Waals surface area contributed by atoms with Crippen molar-refractivity contribution >= 4 is 55.5 Å². The molecule has 0 saturated heterocycles. The molecule has 0 amide bonds. The van der Waals surface area contributed by atoms with E-state index in [1.807, 2.05) is 66.7 Å². The van der Waals surface area contributed by atoms with Gasteiger partial charge in [0.1, 0.15) is 34.3 Å². The highest BCUT2D eigenvalue weighted by Gasteiger charge is 2.26. The Morgan fingerprint density at radius 2 is 1.04 bits per heavy atom. The second-order valence-corrected chi connectivity index (χ2v) is 12.6. The number of aliphatic imine (C=N–C) groups is 2. The molecule has 0 radical (unpaired) electrons. The van der Waals surface area contributed by atoms with Gasteiger partial charge in [0.2, 0.25) is 0 Å². The summed E-state index contributed by atoms with van der Waals surface area (Å²) < 4.78 is 12.9. The highest BCUT2D eigenvalue weighted by Crippen LogP contribution is 2.40. The zero-order valence-corrected chi connectivity index (χ0v) is 26.9. The largest absolute Gasteiger partial charge is 0.456 e. The van der Waals surface area contributed by atoms with Gasteiger partial charge in [-0.3, -0.25) is 0 Å². The van der Waals surface area contributed by atoms with Crippen molar-refractivity contribution in [1.29, 1.82) is 0 Å². The van der Waals surface area contributed by atoms with Gasteiger partial charge in [-0.15, -0.1) is 0 Å². The van der Waals surface area contributed by atoms with Crippen molar-refractivity contribution < 1.29 is 8.83 Å². The molecule has 10 rings (SSSR count). The Morgan fingerprint density at radius 1 is 0.440 bits per heavy atom. The molecule has 0 saturated carbocycles. The first-order valence-corrected chi connectivity index (χ1v) is 16.8. The van der Waals surface area contributed by atoms with E-state index in [-0.39, 0.29) is 0 Å². The summed E-state index contributed by atoms with van der Waals surface area (Å²) in [6, 6.07) is 56.2. The Kier molecular flexibility index (Phi) is 6.49. The SMILES string of the molecule is c1ccc(C2=NC(c3cccc4oc5c(-c6ccc(-c7ccccc7)cc6)cccc5c34)=NC(c3cccc4oc5ccccc5c34)N2)cc1. The molecule has 5 nitrogen and oxygen atoms in total. The van der Waals surface area contributed by atoms with E-state index in [9.17, 15) is 0 Å². The molecule has 1 aliphatic rings. The lowest BCUT2D eigenvalue weighted by molar-refractivity contribution is 0.662. The highest BCUT2D eigenvalue weighted by molar-refractivity contribution is 6.23. The van der Waals surface area contributed by atoms with Gasteiger partial charge in [0.05, 0.1) is 0 Å². The van der Waals surface area contributed by atoms with Crippen LogP contribution in [0.15, 0.2) is 183 Å². The molecule has 0 spiro atoms. The summed E-state index contributed by atoms with van der Waals surface area (Å²) in [7, 11) is 0. The van der Waals surface area contributed by atoms with Gasteiger partial charge < -0.3 is 14.2 Å². The van der Waals surface area contributed by atoms with Crippen molar-refractivity contribution in [2.24, 2.45) is 9.98 Å². The predicted molar refractivity (Wildman–Crippen MR) is 204 cm³/mol. The van der Waals surface area contributed by atoms with Gasteiger partial charge in [-0.25, -0.2) is 9.98 Å². The number of nitrogens with one attached hydrogen (secondary N) is 1. The number of fused-ring (bicyclic) bond motifs is 6. The molecule has 3 heterocycles. The predicted octanol–water partition coefficient (Wildman–Crippen LogP) is 11.3. The van der Waals surface area contributed by atoms with Crippen LogP contribution in [0, 0.1) is 0 Å². The van der Waals surface area contributed by atoms with Crippen LogP contribution in [0.3, 0.4) is 0 Å². The van der Waals surface area contributed by atoms with Crippen LogP contribution in [0.5, 0.6) is 0 Å². The van der Waals surface area contributed by atoms with Gasteiger partial charge in [0, 0.05) is 43.8 Å². The molecule has 1 unspecified atom stereocenters. The normalized spacial score (nSPS) is 14.6. The standard InChI is InChI=1S/C45H29N3O2/c1-3-12-28(13-4-1)29-24-26-30(27-25-29)32-17-9-18-34-41-36(20-11-23-39(41)50-42(32)34)45-47-43(31-14-5-2-6-15-31)46-44(48-45)35-19-10-22-38-40(35)33-16-7-8-21-37(33)49-38/h1-27,44H,(H,46,47,48). The Labute approximate surface area is 287 Å². The summed E-state index contributed by atoms with van der Waals surface area (Å²) in [5.74, 6) is 1.40. The first kappa shape index (κ1) is 28.3. The summed E-state index contributed by atoms with van der Waals surface area (Å²) >= 11 is 0. The van der Waals surface area contributed by atoms with E-state index in [1.54, 1.807) is 0 Å². The summed E-state index contributed by atoms with van der Waals surface area (Å²) in [5.41, 5.74) is 10.8. The number of amidine groups is 2. The number of benzene rings is 7. The van der Waals surface area contributed by atoms with Crippen LogP contribution in [0.2, 0.25) is 0 Å². The van der Waals surface area contributed by atoms with E-state index < -0.39 is 6.17 Å². The maximum absolute atomic E-state index is 6.67. The minimum Gasteiger partial charge on any atom is -0.456 e. The number of nitrogens with zero attached hydrogens (tertiary/aromatic N) is 2. The molecule has 5 heteroatoms. The van der Waals surface area contributed by atoms with Gasteiger partial charge in [-0.2, -0.15) is 0 Å². The Bertz CT molecular complexity index is 2770. The second kappa shape index (κ2) is 11.5. The van der Waals surface area contributed by atoms with Crippen LogP contribution in [0.4, 0.5) is 0 Å². The van der Waals surface area contributed by atoms with Crippen LogP contribution >= 0.6 is 0 Å². The molecule has 0 fully saturated rings. The molecule has 50 heavy (non-hydrogen) atoms. The zero-order chi connectivity index (χ0) is 33.0. The van der Waals surface area contributed by atoms with Gasteiger partial charge in [-0.1, -0.05) is 146 Å². The van der Waals surface area contributed by atoms with Crippen molar-refractivity contribution in [1.82, 2.24) is 5.32 Å². The zero-order valence-electron chi connectivity index (χ0n) is 26.9. The fourth-order valence-electron chi connectivity index (χ4n) is 7.24. The van der Waals surface area contributed by atoms with Crippen LogP contribution < -0.4 is 5.32 Å². The molecule has 0 aliphatic carbocycles. The lowest BCUT2D eigenvalue weighted by atomic mass is 9.98. The van der Waals surface area contributed by atoms with E-state index in [0.717, 1.165) is 77.5 Å². The molecule has 9 aromatic rings. The number of hydrogen-bond acceptors (Lipinski definition) is 5. The van der Waals surface area contributed by atoms with Gasteiger partial charge in [0.15, 0.2) is 5.84 Å². The van der Waals surface area contributed by atoms with E-state index >= 15 is 0 Å². The quantitative estimate of drug-likeness (QED) is 0.203. The molecule has 0 bridgehead atoms. The van der Waals surface area contributed by atoms with Crippen LogP contribution in [-0.4, -0.2) is 11.7 Å². The van der Waals surface area contributed by atoms with Gasteiger partial charge in [-0.05, 0) is 34.9 Å². The summed E-state index contributed by atoms with van der Waals surface area (Å²) in [6.45, 7) is 0. The third kappa shape index (κ3) is 4.63. The summed E-state index contributed by atoms with van der Waals surface area (Å²) in [6.07, 6.45) is -0.408. The topological polar surface area (TPSA) is 63.0 Å². The first-order chi connectivity index (χ1) is 24.8. The number of hydrogen-bond donors (Lipinski definition) is 1. The van der Waals surface area contributed by atoms with Gasteiger partial charge in [0.25, 0.3) is 0 Å². The van der Waals surface area contributed by atoms with E-state index in [4.69, 9.17) is 18.8 Å². The molecule has 1 N–H and O–H groups in total. The lowest BCUT2D eigenvalue weighted by Crippen LogP contribution is -2.33. The Hall–Kier alpha value is -6.72. The molecular weight excluding hydrogens is 615 g/mol. The van der Waals surface area contributed by atoms with Crippen molar-refractivity contribution in [3.63, 3.8) is 0 Å². The summed E-state index contributed by atoms with van der Waals surface area (Å²) in [5, 5.41) is 7.79. The third-order valence-electron chi connectivity index (χ3n) is 9.59. The Morgan fingerprint density at radius 3 is 1.86 bits per heavy atom. The molecule has 1 atom stereocenters. The van der Waals surface area contributed by atoms with E-state index in [0.29, 0.717) is 5.84 Å². The van der Waals surface area contributed by atoms with E-state index in [2.05, 4.69) is 102 Å². The highest BCUT2D eigenvalue weighted by atomic mass is 16.3. The van der Waals surface area contributed by atoms with Crippen LogP contribution in [0.1, 0.15) is 22.9 Å². The number of furan rings is 2. The maximum atomic E-state index is 6.67. The Balaban J connectivity index is 1.14. The summed E-state index contributed by atoms with van der Waals surface area (Å²) in [4.78, 5) is 10.5. The van der Waals surface area contributed by atoms with Crippen molar-refractivity contribution in [2.75, 3.05) is 0 Å². The van der Waals surface area contributed by atoms with Crippen molar-refractivity contribution in [3.8, 4) is 22.3 Å². The monoisotopic (exact) mass is 643 g/mol. The third-order valence-corrected chi connectivity index (χ3v) is 9.59. The second-order valence-electron chi connectivity index (χ2n) is 12.6. The van der Waals surface area contributed by atoms with Gasteiger partial charge >= 0.3 is 0 Å². The molecule has 236 valence electrons. The lowest BCUT2D eigenvalue weighted by Gasteiger charge is -2.24. The average Bonchev–Trinajstić information content (AvgIpc) is 3.77. The molecular formula is C45H29N3O2. The minimum atomic E-state index is -0.408. The number of para-hydroxylation sites is 2. The van der Waals surface area contributed by atoms with Crippen LogP contribution in [-0.2, 0) is 0 Å². The molecule has 1 aliphatic heterocycles. The molecule has 2 aromatic heterocycles. The van der Waals surface area contributed by atoms with E-state index in [1.165, 1.54) is 11.1 Å². The maximum Gasteiger partial charge on any atom is 0.160 e. The van der Waals surface area contributed by atoms with Crippen molar-refractivity contribution in [3.05, 3.63) is 180 Å². The molecule has 7 aromatic carbocycles. The fraction of sp³-hybridized carbons (Fsp3) is 0.0222. The fourth-order valence-corrected chi connectivity index (χ4v) is 7.24. The first-order valence-electron chi connectivity index (χ1n) is 16.8. The van der Waals surface area contributed by atoms with Crippen molar-refractivity contribution in [2.45, 2.75) is 6.17 Å². The average molecular weight is 644 g/mol. The smallest absolute Gasteiger partial charge is 0.160 e.